The summed E-state index contributed by atoms with van der Waals surface area (Å²) in [5.41, 5.74) is 2.15. The molecule has 0 saturated carbocycles. The molecule has 0 spiro atoms. The number of aromatic nitrogens is 2. The normalized spacial score (nSPS) is 12.4. The van der Waals surface area contributed by atoms with E-state index in [1.807, 2.05) is 20.8 Å². The van der Waals surface area contributed by atoms with E-state index in [1.54, 1.807) is 0 Å². The van der Waals surface area contributed by atoms with Crippen LogP contribution < -0.4 is 0 Å². The average Bonchev–Trinajstić information content (AvgIpc) is 2.33. The Balaban J connectivity index is 3.07. The second-order valence-electron chi connectivity index (χ2n) is 4.53. The van der Waals surface area contributed by atoms with E-state index in [2.05, 4.69) is 16.9 Å². The van der Waals surface area contributed by atoms with Crippen LogP contribution in [-0.2, 0) is 16.0 Å². The molecule has 5 nitrogen and oxygen atoms in total. The summed E-state index contributed by atoms with van der Waals surface area (Å²) in [6.07, 6.45) is 1.71. The van der Waals surface area contributed by atoms with Crippen molar-refractivity contribution < 1.29 is 14.6 Å². The summed E-state index contributed by atoms with van der Waals surface area (Å²) in [5.74, 6) is -0.203. The van der Waals surface area contributed by atoms with E-state index in [0.29, 0.717) is 18.0 Å². The molecule has 1 N–H and O–H groups in total. The van der Waals surface area contributed by atoms with E-state index in [0.717, 1.165) is 24.2 Å². The first-order valence-corrected chi connectivity index (χ1v) is 6.66. The highest BCUT2D eigenvalue weighted by atomic mass is 16.5. The van der Waals surface area contributed by atoms with Gasteiger partial charge in [0.15, 0.2) is 5.82 Å². The SMILES string of the molecule is CCCC(OCC)c1nc(C)c(CC(=O)O)c(C)n1. The topological polar surface area (TPSA) is 72.3 Å². The van der Waals surface area contributed by atoms with Crippen molar-refractivity contribution in [2.75, 3.05) is 6.61 Å². The molecule has 0 radical (unpaired) electrons. The van der Waals surface area contributed by atoms with Crippen LogP contribution in [0.25, 0.3) is 0 Å². The molecule has 0 bridgehead atoms. The molecule has 1 unspecified atom stereocenters. The van der Waals surface area contributed by atoms with Gasteiger partial charge in [0, 0.05) is 23.6 Å². The molecule has 1 aromatic heterocycles. The largest absolute Gasteiger partial charge is 0.481 e. The van der Waals surface area contributed by atoms with Crippen LogP contribution in [0.2, 0.25) is 0 Å². The molecule has 106 valence electrons. The molecule has 0 saturated heterocycles. The van der Waals surface area contributed by atoms with Crippen molar-refractivity contribution in [2.45, 2.75) is 53.1 Å². The lowest BCUT2D eigenvalue weighted by molar-refractivity contribution is -0.136. The van der Waals surface area contributed by atoms with Gasteiger partial charge in [0.25, 0.3) is 0 Å². The standard InChI is InChI=1S/C14H22N2O3/c1-5-7-12(19-6-2)14-15-9(3)11(8-13(17)18)10(4)16-14/h12H,5-8H2,1-4H3,(H,17,18). The van der Waals surface area contributed by atoms with Crippen molar-refractivity contribution in [3.05, 3.63) is 22.8 Å². The van der Waals surface area contributed by atoms with Gasteiger partial charge in [0.2, 0.25) is 0 Å². The Labute approximate surface area is 114 Å². The zero-order chi connectivity index (χ0) is 14.4. The Morgan fingerprint density at radius 3 is 2.26 bits per heavy atom. The van der Waals surface area contributed by atoms with Crippen LogP contribution in [0.5, 0.6) is 0 Å². The number of hydrogen-bond acceptors (Lipinski definition) is 4. The Hall–Kier alpha value is -1.49. The monoisotopic (exact) mass is 266 g/mol. The third-order valence-electron chi connectivity index (χ3n) is 2.97. The van der Waals surface area contributed by atoms with Gasteiger partial charge in [-0.05, 0) is 27.2 Å². The number of carbonyl (C=O) groups is 1. The van der Waals surface area contributed by atoms with Crippen molar-refractivity contribution in [1.82, 2.24) is 9.97 Å². The number of carboxylic acids is 1. The van der Waals surface area contributed by atoms with Gasteiger partial charge in [-0.15, -0.1) is 0 Å². The summed E-state index contributed by atoms with van der Waals surface area (Å²) in [6, 6.07) is 0. The third kappa shape index (κ3) is 4.28. The first-order chi connectivity index (χ1) is 8.99. The van der Waals surface area contributed by atoms with Crippen LogP contribution in [-0.4, -0.2) is 27.7 Å². The predicted octanol–water partition coefficient (Wildman–Crippen LogP) is 2.60. The fourth-order valence-corrected chi connectivity index (χ4v) is 2.07. The maximum absolute atomic E-state index is 10.8. The minimum absolute atomic E-state index is 0.0367. The van der Waals surface area contributed by atoms with Gasteiger partial charge in [0.05, 0.1) is 6.42 Å². The molecule has 5 heteroatoms. The fourth-order valence-electron chi connectivity index (χ4n) is 2.07. The van der Waals surface area contributed by atoms with Crippen molar-refractivity contribution in [2.24, 2.45) is 0 Å². The molecule has 0 aliphatic rings. The molecule has 0 aromatic carbocycles. The fraction of sp³-hybridized carbons (Fsp3) is 0.643. The third-order valence-corrected chi connectivity index (χ3v) is 2.97. The van der Waals surface area contributed by atoms with Gasteiger partial charge in [-0.25, -0.2) is 9.97 Å². The van der Waals surface area contributed by atoms with Gasteiger partial charge >= 0.3 is 5.97 Å². The Morgan fingerprint density at radius 1 is 1.26 bits per heavy atom. The number of aryl methyl sites for hydroxylation is 2. The zero-order valence-corrected chi connectivity index (χ0v) is 12.1. The smallest absolute Gasteiger partial charge is 0.307 e. The lowest BCUT2D eigenvalue weighted by atomic mass is 10.1. The highest BCUT2D eigenvalue weighted by Gasteiger charge is 2.18. The molecule has 0 aliphatic carbocycles. The second kappa shape index (κ2) is 7.19. The molecule has 19 heavy (non-hydrogen) atoms. The van der Waals surface area contributed by atoms with Crippen molar-refractivity contribution in [3.63, 3.8) is 0 Å². The summed E-state index contributed by atoms with van der Waals surface area (Å²) >= 11 is 0. The van der Waals surface area contributed by atoms with Crippen LogP contribution in [0, 0.1) is 13.8 Å². The first kappa shape index (κ1) is 15.6. The summed E-state index contributed by atoms with van der Waals surface area (Å²) in [4.78, 5) is 19.7. The van der Waals surface area contributed by atoms with E-state index in [1.165, 1.54) is 0 Å². The summed E-state index contributed by atoms with van der Waals surface area (Å²) < 4.78 is 5.66. The summed E-state index contributed by atoms with van der Waals surface area (Å²) in [7, 11) is 0. The van der Waals surface area contributed by atoms with Gasteiger partial charge in [-0.2, -0.15) is 0 Å². The lowest BCUT2D eigenvalue weighted by Gasteiger charge is -2.17. The number of nitrogens with zero attached hydrogens (tertiary/aromatic N) is 2. The number of carboxylic acid groups (broad SMARTS) is 1. The highest BCUT2D eigenvalue weighted by Crippen LogP contribution is 2.22. The Bertz CT molecular complexity index is 417. The molecular weight excluding hydrogens is 244 g/mol. The van der Waals surface area contributed by atoms with E-state index in [4.69, 9.17) is 9.84 Å². The van der Waals surface area contributed by atoms with E-state index in [9.17, 15) is 4.79 Å². The van der Waals surface area contributed by atoms with Crippen LogP contribution in [0.4, 0.5) is 0 Å². The lowest BCUT2D eigenvalue weighted by Crippen LogP contribution is -2.14. The van der Waals surface area contributed by atoms with Crippen LogP contribution in [0.1, 0.15) is 55.6 Å². The van der Waals surface area contributed by atoms with Gasteiger partial charge in [-0.1, -0.05) is 13.3 Å². The van der Waals surface area contributed by atoms with Crippen molar-refractivity contribution in [1.29, 1.82) is 0 Å². The second-order valence-corrected chi connectivity index (χ2v) is 4.53. The van der Waals surface area contributed by atoms with Gasteiger partial charge in [-0.3, -0.25) is 4.79 Å². The quantitative estimate of drug-likeness (QED) is 0.821. The predicted molar refractivity (Wildman–Crippen MR) is 72.1 cm³/mol. The summed E-state index contributed by atoms with van der Waals surface area (Å²) in [6.45, 7) is 8.30. The minimum atomic E-state index is -0.863. The first-order valence-electron chi connectivity index (χ1n) is 6.66. The maximum Gasteiger partial charge on any atom is 0.307 e. The van der Waals surface area contributed by atoms with Crippen LogP contribution in [0.15, 0.2) is 0 Å². The van der Waals surface area contributed by atoms with E-state index >= 15 is 0 Å². The minimum Gasteiger partial charge on any atom is -0.481 e. The van der Waals surface area contributed by atoms with Gasteiger partial charge < -0.3 is 9.84 Å². The molecule has 0 amide bonds. The van der Waals surface area contributed by atoms with Crippen molar-refractivity contribution in [3.8, 4) is 0 Å². The molecule has 1 aromatic rings. The molecule has 1 atom stereocenters. The van der Waals surface area contributed by atoms with Crippen LogP contribution in [0.3, 0.4) is 0 Å². The zero-order valence-electron chi connectivity index (χ0n) is 12.1. The number of ether oxygens (including phenoxy) is 1. The number of aliphatic carboxylic acids is 1. The van der Waals surface area contributed by atoms with Crippen molar-refractivity contribution >= 4 is 5.97 Å². The summed E-state index contributed by atoms with van der Waals surface area (Å²) in [5, 5.41) is 8.88. The van der Waals surface area contributed by atoms with E-state index < -0.39 is 5.97 Å². The molecular formula is C14H22N2O3. The Kier molecular flexibility index (Phi) is 5.89. The molecule has 1 rings (SSSR count). The molecule has 0 fully saturated rings. The average molecular weight is 266 g/mol. The highest BCUT2D eigenvalue weighted by molar-refractivity contribution is 5.70. The number of hydrogen-bond donors (Lipinski definition) is 1. The maximum atomic E-state index is 10.8. The van der Waals surface area contributed by atoms with E-state index in [-0.39, 0.29) is 12.5 Å². The Morgan fingerprint density at radius 2 is 1.84 bits per heavy atom. The molecule has 1 heterocycles. The number of rotatable bonds is 7. The molecule has 0 aliphatic heterocycles. The van der Waals surface area contributed by atoms with Gasteiger partial charge in [0.1, 0.15) is 6.10 Å². The van der Waals surface area contributed by atoms with Crippen LogP contribution >= 0.6 is 0 Å².